The fourth-order valence-electron chi connectivity index (χ4n) is 1.92. The molecule has 0 saturated carbocycles. The summed E-state index contributed by atoms with van der Waals surface area (Å²) in [5.41, 5.74) is 5.98. The second kappa shape index (κ2) is 5.38. The van der Waals surface area contributed by atoms with Crippen molar-refractivity contribution in [3.05, 3.63) is 33.3 Å². The normalized spacial score (nSPS) is 13.5. The van der Waals surface area contributed by atoms with Gasteiger partial charge < -0.3 is 11.1 Å². The highest BCUT2D eigenvalue weighted by Crippen LogP contribution is 2.32. The van der Waals surface area contributed by atoms with Crippen LogP contribution >= 0.6 is 27.5 Å². The van der Waals surface area contributed by atoms with Gasteiger partial charge in [-0.15, -0.1) is 0 Å². The number of nitrogens with two attached hydrogens (primary N) is 1. The first kappa shape index (κ1) is 14.5. The van der Waals surface area contributed by atoms with Crippen LogP contribution in [0.5, 0.6) is 0 Å². The summed E-state index contributed by atoms with van der Waals surface area (Å²) in [5, 5.41) is 3.59. The van der Waals surface area contributed by atoms with Crippen LogP contribution in [0.3, 0.4) is 0 Å². The molecule has 3 N–H and O–H groups in total. The van der Waals surface area contributed by atoms with E-state index < -0.39 is 11.5 Å². The van der Waals surface area contributed by atoms with Gasteiger partial charge in [-0.3, -0.25) is 4.79 Å². The topological polar surface area (TPSA) is 55.1 Å². The molecule has 94 valence electrons. The van der Waals surface area contributed by atoms with E-state index in [1.807, 2.05) is 26.0 Å². The van der Waals surface area contributed by atoms with Crippen LogP contribution in [0.25, 0.3) is 0 Å². The lowest BCUT2D eigenvalue weighted by Gasteiger charge is -2.32. The number of carbonyl (C=O) groups excluding carboxylic acids is 1. The molecule has 0 saturated heterocycles. The minimum atomic E-state index is -0.435. The van der Waals surface area contributed by atoms with E-state index in [1.54, 1.807) is 13.1 Å². The summed E-state index contributed by atoms with van der Waals surface area (Å²) in [4.78, 5) is 11.4. The van der Waals surface area contributed by atoms with Crippen molar-refractivity contribution < 1.29 is 4.79 Å². The molecule has 5 heteroatoms. The quantitative estimate of drug-likeness (QED) is 0.895. The van der Waals surface area contributed by atoms with Crippen LogP contribution in [-0.4, -0.2) is 19.0 Å². The van der Waals surface area contributed by atoms with Crippen LogP contribution in [0, 0.1) is 0 Å². The number of amides is 1. The molecule has 1 amide bonds. The fraction of sp³-hybridized carbons (Fsp3) is 0.417. The molecule has 1 rings (SSSR count). The van der Waals surface area contributed by atoms with Crippen molar-refractivity contribution in [2.45, 2.75) is 25.3 Å². The molecule has 0 aliphatic rings. The highest BCUT2D eigenvalue weighted by molar-refractivity contribution is 9.10. The third-order valence-electron chi connectivity index (χ3n) is 2.96. The smallest absolute Gasteiger partial charge is 0.235 e. The zero-order valence-corrected chi connectivity index (χ0v) is 12.4. The first-order chi connectivity index (χ1) is 7.80. The van der Waals surface area contributed by atoms with Crippen molar-refractivity contribution in [2.24, 2.45) is 5.73 Å². The standard InChI is InChI=1S/C12H16BrClN2O/c1-12(2,10(16-3)11(15)17)7-4-5-9(14)8(13)6-7/h4-6,10,16H,1-3H3,(H2,15,17). The largest absolute Gasteiger partial charge is 0.368 e. The van der Waals surface area contributed by atoms with E-state index in [-0.39, 0.29) is 5.91 Å². The minimum Gasteiger partial charge on any atom is -0.368 e. The molecular formula is C12H16BrClN2O. The third-order valence-corrected chi connectivity index (χ3v) is 4.17. The molecule has 0 aromatic heterocycles. The summed E-state index contributed by atoms with van der Waals surface area (Å²) in [6.45, 7) is 3.93. The number of halogens is 2. The van der Waals surface area contributed by atoms with Gasteiger partial charge in [-0.05, 0) is 40.7 Å². The summed E-state index contributed by atoms with van der Waals surface area (Å²) in [7, 11) is 1.72. The van der Waals surface area contributed by atoms with Crippen LogP contribution in [0.15, 0.2) is 22.7 Å². The molecule has 0 spiro atoms. The van der Waals surface area contributed by atoms with E-state index in [2.05, 4.69) is 21.2 Å². The Kier molecular flexibility index (Phi) is 4.58. The number of likely N-dealkylation sites (N-methyl/N-ethyl adjacent to an activating group) is 1. The average molecular weight is 320 g/mol. The highest BCUT2D eigenvalue weighted by atomic mass is 79.9. The van der Waals surface area contributed by atoms with E-state index in [9.17, 15) is 4.79 Å². The first-order valence-electron chi connectivity index (χ1n) is 5.22. The Bertz CT molecular complexity index is 435. The number of hydrogen-bond donors (Lipinski definition) is 2. The zero-order chi connectivity index (χ0) is 13.2. The number of carbonyl (C=O) groups is 1. The van der Waals surface area contributed by atoms with Gasteiger partial charge in [0.1, 0.15) is 0 Å². The molecule has 1 unspecified atom stereocenters. The summed E-state index contributed by atoms with van der Waals surface area (Å²) < 4.78 is 0.809. The molecule has 0 radical (unpaired) electrons. The summed E-state index contributed by atoms with van der Waals surface area (Å²) in [6, 6.07) is 5.18. The van der Waals surface area contributed by atoms with Crippen molar-refractivity contribution >= 4 is 33.4 Å². The molecule has 3 nitrogen and oxygen atoms in total. The van der Waals surface area contributed by atoms with E-state index in [4.69, 9.17) is 17.3 Å². The Balaban J connectivity index is 3.19. The Labute approximate surface area is 115 Å². The molecule has 0 bridgehead atoms. The summed E-state index contributed by atoms with van der Waals surface area (Å²) in [5.74, 6) is -0.372. The molecular weight excluding hydrogens is 304 g/mol. The number of rotatable bonds is 4. The van der Waals surface area contributed by atoms with E-state index in [0.717, 1.165) is 10.0 Å². The second-order valence-electron chi connectivity index (χ2n) is 4.47. The molecule has 0 fully saturated rings. The molecule has 0 aliphatic carbocycles. The zero-order valence-electron chi connectivity index (χ0n) is 10.1. The van der Waals surface area contributed by atoms with Gasteiger partial charge in [0.2, 0.25) is 5.91 Å². The maximum atomic E-state index is 11.4. The van der Waals surface area contributed by atoms with Gasteiger partial charge in [0.05, 0.1) is 11.1 Å². The van der Waals surface area contributed by atoms with Crippen LogP contribution in [0.1, 0.15) is 19.4 Å². The predicted octanol–water partition coefficient (Wildman–Crippen LogP) is 2.45. The van der Waals surface area contributed by atoms with Gasteiger partial charge in [0.15, 0.2) is 0 Å². The van der Waals surface area contributed by atoms with E-state index >= 15 is 0 Å². The number of hydrogen-bond acceptors (Lipinski definition) is 2. The third kappa shape index (κ3) is 3.00. The van der Waals surface area contributed by atoms with Crippen LogP contribution in [0.4, 0.5) is 0 Å². The first-order valence-corrected chi connectivity index (χ1v) is 6.40. The molecule has 1 aromatic rings. The number of nitrogens with one attached hydrogen (secondary N) is 1. The van der Waals surface area contributed by atoms with E-state index in [0.29, 0.717) is 5.02 Å². The van der Waals surface area contributed by atoms with Gasteiger partial charge in [-0.1, -0.05) is 31.5 Å². The maximum absolute atomic E-state index is 11.4. The van der Waals surface area contributed by atoms with Crippen molar-refractivity contribution in [3.63, 3.8) is 0 Å². The fourth-order valence-corrected chi connectivity index (χ4v) is 2.42. The second-order valence-corrected chi connectivity index (χ2v) is 5.74. The molecule has 0 heterocycles. The predicted molar refractivity (Wildman–Crippen MR) is 74.2 cm³/mol. The molecule has 1 aromatic carbocycles. The maximum Gasteiger partial charge on any atom is 0.235 e. The lowest BCUT2D eigenvalue weighted by Crippen LogP contribution is -2.51. The van der Waals surface area contributed by atoms with Gasteiger partial charge in [-0.2, -0.15) is 0 Å². The SMILES string of the molecule is CNC(C(N)=O)C(C)(C)c1ccc(Cl)c(Br)c1. The van der Waals surface area contributed by atoms with Gasteiger partial charge in [-0.25, -0.2) is 0 Å². The molecule has 0 aliphatic heterocycles. The van der Waals surface area contributed by atoms with Crippen molar-refractivity contribution in [1.82, 2.24) is 5.32 Å². The number of benzene rings is 1. The Hall–Kier alpha value is -0.580. The molecule has 17 heavy (non-hydrogen) atoms. The Morgan fingerprint density at radius 2 is 2.12 bits per heavy atom. The van der Waals surface area contributed by atoms with Gasteiger partial charge in [0.25, 0.3) is 0 Å². The van der Waals surface area contributed by atoms with Gasteiger partial charge in [0, 0.05) is 9.89 Å². The average Bonchev–Trinajstić information content (AvgIpc) is 2.21. The molecule has 1 atom stereocenters. The minimum absolute atomic E-state index is 0.372. The Morgan fingerprint density at radius 3 is 2.53 bits per heavy atom. The van der Waals surface area contributed by atoms with Crippen LogP contribution in [-0.2, 0) is 10.2 Å². The Morgan fingerprint density at radius 1 is 1.53 bits per heavy atom. The number of primary amides is 1. The lowest BCUT2D eigenvalue weighted by molar-refractivity contribution is -0.121. The monoisotopic (exact) mass is 318 g/mol. The van der Waals surface area contributed by atoms with Crippen LogP contribution < -0.4 is 11.1 Å². The lowest BCUT2D eigenvalue weighted by atomic mass is 9.77. The highest BCUT2D eigenvalue weighted by Gasteiger charge is 2.34. The summed E-state index contributed by atoms with van der Waals surface area (Å²) in [6.07, 6.45) is 0. The van der Waals surface area contributed by atoms with Crippen LogP contribution in [0.2, 0.25) is 5.02 Å². The van der Waals surface area contributed by atoms with Crippen molar-refractivity contribution in [3.8, 4) is 0 Å². The van der Waals surface area contributed by atoms with Gasteiger partial charge >= 0.3 is 0 Å². The van der Waals surface area contributed by atoms with E-state index in [1.165, 1.54) is 0 Å². The van der Waals surface area contributed by atoms with Crippen molar-refractivity contribution in [2.75, 3.05) is 7.05 Å². The van der Waals surface area contributed by atoms with Crippen molar-refractivity contribution in [1.29, 1.82) is 0 Å². The summed E-state index contributed by atoms with van der Waals surface area (Å²) >= 11 is 9.33.